The monoisotopic (exact) mass is 264 g/mol. The zero-order valence-electron chi connectivity index (χ0n) is 12.6. The Morgan fingerprint density at radius 3 is 2.58 bits per heavy atom. The van der Waals surface area contributed by atoms with Crippen molar-refractivity contribution in [3.8, 4) is 0 Å². The molecule has 2 aliphatic carbocycles. The Kier molecular flexibility index (Phi) is 3.36. The number of carbonyl (C=O) groups is 1. The van der Waals surface area contributed by atoms with Gasteiger partial charge in [0.25, 0.3) is 0 Å². The molecule has 108 valence electrons. The normalized spacial score (nSPS) is 37.4. The predicted octanol–water partition coefficient (Wildman–Crippen LogP) is 2.90. The number of nitrogens with zero attached hydrogens (tertiary/aromatic N) is 1. The first-order valence-electron chi connectivity index (χ1n) is 8.14. The molecule has 1 aliphatic heterocycles. The summed E-state index contributed by atoms with van der Waals surface area (Å²) < 4.78 is 0. The molecule has 0 aromatic heterocycles. The van der Waals surface area contributed by atoms with Crippen LogP contribution in [0.3, 0.4) is 0 Å². The number of amides is 1. The molecule has 0 aromatic carbocycles. The molecule has 19 heavy (non-hydrogen) atoms. The van der Waals surface area contributed by atoms with E-state index in [-0.39, 0.29) is 5.54 Å². The second-order valence-corrected chi connectivity index (χ2v) is 7.41. The topological polar surface area (TPSA) is 32.3 Å². The first-order valence-corrected chi connectivity index (χ1v) is 8.14. The van der Waals surface area contributed by atoms with Gasteiger partial charge in [0.2, 0.25) is 5.91 Å². The molecule has 3 atom stereocenters. The van der Waals surface area contributed by atoms with Gasteiger partial charge >= 0.3 is 0 Å². The van der Waals surface area contributed by atoms with Crippen molar-refractivity contribution < 1.29 is 4.79 Å². The lowest BCUT2D eigenvalue weighted by molar-refractivity contribution is -0.135. The van der Waals surface area contributed by atoms with Crippen LogP contribution in [0, 0.1) is 11.8 Å². The third-order valence-electron chi connectivity index (χ3n) is 5.29. The highest BCUT2D eigenvalue weighted by atomic mass is 16.2. The largest absolute Gasteiger partial charge is 0.322 e. The lowest BCUT2D eigenvalue weighted by Crippen LogP contribution is -2.49. The van der Waals surface area contributed by atoms with E-state index in [1.165, 1.54) is 25.7 Å². The van der Waals surface area contributed by atoms with E-state index in [1.807, 2.05) is 0 Å². The zero-order chi connectivity index (χ0) is 13.6. The van der Waals surface area contributed by atoms with Gasteiger partial charge in [0.05, 0.1) is 11.7 Å². The van der Waals surface area contributed by atoms with Gasteiger partial charge in [-0.3, -0.25) is 10.1 Å². The van der Waals surface area contributed by atoms with Crippen molar-refractivity contribution in [1.29, 1.82) is 0 Å². The molecule has 3 nitrogen and oxygen atoms in total. The molecular weight excluding hydrogens is 236 g/mol. The summed E-state index contributed by atoms with van der Waals surface area (Å²) in [6.07, 6.45) is 8.62. The van der Waals surface area contributed by atoms with Crippen molar-refractivity contribution in [2.45, 2.75) is 83.5 Å². The summed E-state index contributed by atoms with van der Waals surface area (Å²) in [6, 6.07) is 0.484. The van der Waals surface area contributed by atoms with E-state index >= 15 is 0 Å². The van der Waals surface area contributed by atoms with Crippen LogP contribution in [-0.2, 0) is 4.79 Å². The van der Waals surface area contributed by atoms with Crippen molar-refractivity contribution in [2.24, 2.45) is 11.8 Å². The molecule has 0 bridgehead atoms. The van der Waals surface area contributed by atoms with Crippen LogP contribution >= 0.6 is 0 Å². The smallest absolute Gasteiger partial charge is 0.244 e. The minimum absolute atomic E-state index is 0.142. The van der Waals surface area contributed by atoms with Crippen molar-refractivity contribution in [3.05, 3.63) is 0 Å². The second-order valence-electron chi connectivity index (χ2n) is 7.41. The highest BCUT2D eigenvalue weighted by Gasteiger charge is 2.60. The van der Waals surface area contributed by atoms with E-state index in [9.17, 15) is 4.79 Å². The molecule has 1 spiro atoms. The summed E-state index contributed by atoms with van der Waals surface area (Å²) in [7, 11) is 0. The van der Waals surface area contributed by atoms with Crippen molar-refractivity contribution >= 4 is 5.91 Å². The minimum atomic E-state index is -0.142. The van der Waals surface area contributed by atoms with Gasteiger partial charge in [-0.05, 0) is 43.9 Å². The van der Waals surface area contributed by atoms with E-state index in [1.54, 1.807) is 0 Å². The third kappa shape index (κ3) is 2.31. The molecule has 1 heterocycles. The average molecular weight is 264 g/mol. The van der Waals surface area contributed by atoms with Crippen LogP contribution in [0.1, 0.15) is 65.7 Å². The molecule has 1 amide bonds. The van der Waals surface area contributed by atoms with Crippen LogP contribution in [0.25, 0.3) is 0 Å². The maximum Gasteiger partial charge on any atom is 0.244 e. The van der Waals surface area contributed by atoms with E-state index in [4.69, 9.17) is 0 Å². The van der Waals surface area contributed by atoms with E-state index in [2.05, 4.69) is 31.0 Å². The summed E-state index contributed by atoms with van der Waals surface area (Å²) in [4.78, 5) is 15.1. The summed E-state index contributed by atoms with van der Waals surface area (Å²) >= 11 is 0. The van der Waals surface area contributed by atoms with Gasteiger partial charge in [0.1, 0.15) is 0 Å². The van der Waals surface area contributed by atoms with E-state index in [0.29, 0.717) is 30.0 Å². The Balaban J connectivity index is 1.80. The minimum Gasteiger partial charge on any atom is -0.322 e. The fourth-order valence-corrected chi connectivity index (χ4v) is 4.03. The molecular formula is C16H28N2O. The van der Waals surface area contributed by atoms with E-state index in [0.717, 1.165) is 19.3 Å². The fourth-order valence-electron chi connectivity index (χ4n) is 4.03. The molecule has 1 N–H and O–H groups in total. The predicted molar refractivity (Wildman–Crippen MR) is 76.6 cm³/mol. The van der Waals surface area contributed by atoms with Crippen molar-refractivity contribution in [1.82, 2.24) is 10.2 Å². The molecule has 3 heteroatoms. The standard InChI is InChI=1S/C16H28N2O/c1-11(2)10-14-17-16(8-9-16)15(19)18(14)13-7-5-4-6-12(13)3/h11-14,17H,4-10H2,1-3H3. The van der Waals surface area contributed by atoms with Crippen molar-refractivity contribution in [2.75, 3.05) is 0 Å². The number of hydrogen-bond acceptors (Lipinski definition) is 2. The molecule has 0 aromatic rings. The van der Waals surface area contributed by atoms with Gasteiger partial charge in [0.15, 0.2) is 0 Å². The van der Waals surface area contributed by atoms with Crippen LogP contribution in [0.4, 0.5) is 0 Å². The SMILES string of the molecule is CC(C)CC1NC2(CC2)C(=O)N1C1CCCCC1C. The molecule has 3 fully saturated rings. The van der Waals surface area contributed by atoms with Gasteiger partial charge in [-0.15, -0.1) is 0 Å². The molecule has 2 saturated carbocycles. The van der Waals surface area contributed by atoms with Crippen LogP contribution in [-0.4, -0.2) is 28.6 Å². The Labute approximate surface area is 117 Å². The Morgan fingerprint density at radius 2 is 2.00 bits per heavy atom. The maximum atomic E-state index is 12.8. The average Bonchev–Trinajstić information content (AvgIpc) is 3.06. The Morgan fingerprint density at radius 1 is 1.32 bits per heavy atom. The molecule has 1 saturated heterocycles. The zero-order valence-corrected chi connectivity index (χ0v) is 12.6. The van der Waals surface area contributed by atoms with Crippen LogP contribution in [0.2, 0.25) is 0 Å². The van der Waals surface area contributed by atoms with Gasteiger partial charge < -0.3 is 4.90 Å². The van der Waals surface area contributed by atoms with Crippen molar-refractivity contribution in [3.63, 3.8) is 0 Å². The maximum absolute atomic E-state index is 12.8. The summed E-state index contributed by atoms with van der Waals surface area (Å²) in [5.41, 5.74) is -0.142. The van der Waals surface area contributed by atoms with Gasteiger partial charge in [-0.2, -0.15) is 0 Å². The molecule has 3 aliphatic rings. The molecule has 3 unspecified atom stereocenters. The quantitative estimate of drug-likeness (QED) is 0.850. The van der Waals surface area contributed by atoms with Crippen LogP contribution in [0.15, 0.2) is 0 Å². The lowest BCUT2D eigenvalue weighted by Gasteiger charge is -2.39. The molecule has 0 radical (unpaired) electrons. The lowest BCUT2D eigenvalue weighted by atomic mass is 9.84. The first kappa shape index (κ1) is 13.4. The van der Waals surface area contributed by atoms with Gasteiger partial charge in [-0.1, -0.05) is 33.6 Å². The Bertz CT molecular complexity index is 362. The van der Waals surface area contributed by atoms with Gasteiger partial charge in [-0.25, -0.2) is 0 Å². The summed E-state index contributed by atoms with van der Waals surface area (Å²) in [6.45, 7) is 6.85. The fraction of sp³-hybridized carbons (Fsp3) is 0.938. The van der Waals surface area contributed by atoms with Crippen LogP contribution < -0.4 is 5.32 Å². The molecule has 3 rings (SSSR count). The number of carbonyl (C=O) groups excluding carboxylic acids is 1. The number of rotatable bonds is 3. The highest BCUT2D eigenvalue weighted by molar-refractivity contribution is 5.92. The number of nitrogens with one attached hydrogen (secondary N) is 1. The van der Waals surface area contributed by atoms with Crippen LogP contribution in [0.5, 0.6) is 0 Å². The Hall–Kier alpha value is -0.570. The highest BCUT2D eigenvalue weighted by Crippen LogP contribution is 2.45. The first-order chi connectivity index (χ1) is 9.03. The summed E-state index contributed by atoms with van der Waals surface area (Å²) in [5, 5.41) is 3.67. The second kappa shape index (κ2) is 4.76. The van der Waals surface area contributed by atoms with E-state index < -0.39 is 0 Å². The summed E-state index contributed by atoms with van der Waals surface area (Å²) in [5.74, 6) is 1.72. The van der Waals surface area contributed by atoms with Gasteiger partial charge in [0, 0.05) is 6.04 Å². The number of hydrogen-bond donors (Lipinski definition) is 1. The third-order valence-corrected chi connectivity index (χ3v) is 5.29.